The summed E-state index contributed by atoms with van der Waals surface area (Å²) in [5.41, 5.74) is 7.63. The van der Waals surface area contributed by atoms with Gasteiger partial charge in [-0.1, -0.05) is 104 Å². The van der Waals surface area contributed by atoms with Gasteiger partial charge in [-0.2, -0.15) is 0 Å². The summed E-state index contributed by atoms with van der Waals surface area (Å²) in [6.07, 6.45) is 8.70. The van der Waals surface area contributed by atoms with Crippen molar-refractivity contribution in [2.75, 3.05) is 0 Å². The molecular weight excluding hydrogens is 372 g/mol. The van der Waals surface area contributed by atoms with E-state index >= 15 is 0 Å². The third-order valence-corrected chi connectivity index (χ3v) is 5.86. The minimum Gasteiger partial charge on any atom is -0.0912 e. The number of hydrogen-bond acceptors (Lipinski definition) is 0. The Morgan fingerprint density at radius 3 is 2.16 bits per heavy atom. The lowest BCUT2D eigenvalue weighted by molar-refractivity contribution is 1.42. The highest BCUT2D eigenvalue weighted by Crippen LogP contribution is 2.40. The Hall–Kier alpha value is -3.64. The Morgan fingerprint density at radius 1 is 0.806 bits per heavy atom. The van der Waals surface area contributed by atoms with E-state index in [9.17, 15) is 0 Å². The predicted molar refractivity (Wildman–Crippen MR) is 137 cm³/mol. The molecular formula is C31H28. The average Bonchev–Trinajstić information content (AvgIpc) is 2.80. The Morgan fingerprint density at radius 2 is 1.45 bits per heavy atom. The van der Waals surface area contributed by atoms with Crippen molar-refractivity contribution in [3.8, 4) is 11.1 Å². The molecule has 0 bridgehead atoms. The summed E-state index contributed by atoms with van der Waals surface area (Å²) in [6, 6.07) is 27.8. The number of allylic oxidation sites excluding steroid dienone is 4. The first-order chi connectivity index (χ1) is 15.1. The highest BCUT2D eigenvalue weighted by molar-refractivity contribution is 6.07. The maximum atomic E-state index is 4.26. The second-order valence-corrected chi connectivity index (χ2v) is 7.92. The zero-order valence-electron chi connectivity index (χ0n) is 18.5. The van der Waals surface area contributed by atoms with E-state index in [0.717, 1.165) is 10.4 Å². The molecule has 0 spiro atoms. The van der Waals surface area contributed by atoms with Crippen molar-refractivity contribution in [2.24, 2.45) is 0 Å². The average molecular weight is 401 g/mol. The molecule has 0 heterocycles. The van der Waals surface area contributed by atoms with Gasteiger partial charge in [-0.15, -0.1) is 0 Å². The van der Waals surface area contributed by atoms with Crippen molar-refractivity contribution in [2.45, 2.75) is 20.8 Å². The maximum absolute atomic E-state index is 4.26. The summed E-state index contributed by atoms with van der Waals surface area (Å²) in [5.74, 6) is 0. The van der Waals surface area contributed by atoms with Gasteiger partial charge in [0.2, 0.25) is 0 Å². The van der Waals surface area contributed by atoms with Gasteiger partial charge in [0.1, 0.15) is 0 Å². The van der Waals surface area contributed by atoms with Crippen LogP contribution in [0.15, 0.2) is 97.1 Å². The van der Waals surface area contributed by atoms with Gasteiger partial charge in [0.05, 0.1) is 0 Å². The minimum absolute atomic E-state index is 1.04. The van der Waals surface area contributed by atoms with Crippen molar-refractivity contribution < 1.29 is 0 Å². The van der Waals surface area contributed by atoms with Gasteiger partial charge in [0, 0.05) is 0 Å². The van der Waals surface area contributed by atoms with E-state index < -0.39 is 0 Å². The van der Waals surface area contributed by atoms with E-state index in [0.29, 0.717) is 0 Å². The zero-order valence-corrected chi connectivity index (χ0v) is 18.5. The van der Waals surface area contributed by atoms with Crippen LogP contribution < -0.4 is 10.4 Å². The predicted octanol–water partition coefficient (Wildman–Crippen LogP) is 7.03. The van der Waals surface area contributed by atoms with Crippen molar-refractivity contribution in [1.82, 2.24) is 0 Å². The van der Waals surface area contributed by atoms with Crippen LogP contribution in [0.5, 0.6) is 0 Å². The van der Waals surface area contributed by atoms with E-state index in [2.05, 4.69) is 124 Å². The van der Waals surface area contributed by atoms with Crippen LogP contribution in [0.1, 0.15) is 30.5 Å². The molecule has 0 amide bonds. The van der Waals surface area contributed by atoms with Gasteiger partial charge in [0.15, 0.2) is 0 Å². The van der Waals surface area contributed by atoms with Crippen LogP contribution in [0, 0.1) is 6.92 Å². The molecule has 0 saturated heterocycles. The molecule has 0 aliphatic rings. The Kier molecular flexibility index (Phi) is 6.00. The van der Waals surface area contributed by atoms with Crippen LogP contribution in [-0.2, 0) is 0 Å². The Labute approximate surface area is 185 Å². The SMILES string of the molecule is C=c1cccc/c1=C/c1c(C)c(-c2ccccc2)c2ccccc2c1/C(C)=C/C=C\C. The van der Waals surface area contributed by atoms with E-state index in [1.807, 2.05) is 6.07 Å². The third-order valence-electron chi connectivity index (χ3n) is 5.86. The first-order valence-corrected chi connectivity index (χ1v) is 10.8. The first-order valence-electron chi connectivity index (χ1n) is 10.8. The molecule has 0 fully saturated rings. The lowest BCUT2D eigenvalue weighted by atomic mass is 9.84. The van der Waals surface area contributed by atoms with Crippen LogP contribution in [0.2, 0.25) is 0 Å². The van der Waals surface area contributed by atoms with Gasteiger partial charge in [-0.3, -0.25) is 0 Å². The smallest absolute Gasteiger partial charge is 0.00697 e. The van der Waals surface area contributed by atoms with Crippen molar-refractivity contribution in [3.05, 3.63) is 124 Å². The highest BCUT2D eigenvalue weighted by atomic mass is 14.2. The monoisotopic (exact) mass is 400 g/mol. The van der Waals surface area contributed by atoms with Crippen LogP contribution >= 0.6 is 0 Å². The van der Waals surface area contributed by atoms with E-state index in [-0.39, 0.29) is 0 Å². The second kappa shape index (κ2) is 9.02. The summed E-state index contributed by atoms with van der Waals surface area (Å²) in [4.78, 5) is 0. The molecule has 0 radical (unpaired) electrons. The molecule has 0 aliphatic carbocycles. The van der Waals surface area contributed by atoms with Crippen LogP contribution in [0.4, 0.5) is 0 Å². The number of fused-ring (bicyclic) bond motifs is 1. The highest BCUT2D eigenvalue weighted by Gasteiger charge is 2.17. The Balaban J connectivity index is 2.21. The van der Waals surface area contributed by atoms with Gasteiger partial charge < -0.3 is 0 Å². The van der Waals surface area contributed by atoms with Gasteiger partial charge in [-0.25, -0.2) is 0 Å². The molecule has 4 aromatic rings. The van der Waals surface area contributed by atoms with Gasteiger partial charge in [-0.05, 0) is 81.4 Å². The van der Waals surface area contributed by atoms with Crippen molar-refractivity contribution in [3.63, 3.8) is 0 Å². The molecule has 0 aliphatic heterocycles. The summed E-state index contributed by atoms with van der Waals surface area (Å²) < 4.78 is 0. The quantitative estimate of drug-likeness (QED) is 0.322. The molecule has 152 valence electrons. The van der Waals surface area contributed by atoms with Crippen LogP contribution in [0.25, 0.3) is 40.1 Å². The van der Waals surface area contributed by atoms with E-state index in [1.54, 1.807) is 0 Å². The second-order valence-electron chi connectivity index (χ2n) is 7.92. The lowest BCUT2D eigenvalue weighted by Gasteiger charge is -2.20. The number of rotatable bonds is 4. The maximum Gasteiger partial charge on any atom is -0.00697 e. The topological polar surface area (TPSA) is 0 Å². The molecule has 0 atom stereocenters. The fourth-order valence-corrected chi connectivity index (χ4v) is 4.32. The fraction of sp³-hybridized carbons (Fsp3) is 0.0968. The van der Waals surface area contributed by atoms with Crippen LogP contribution in [0.3, 0.4) is 0 Å². The molecule has 0 saturated carbocycles. The Bertz CT molecular complexity index is 1400. The van der Waals surface area contributed by atoms with E-state index in [1.165, 1.54) is 44.2 Å². The molecule has 4 rings (SSSR count). The molecule has 4 aromatic carbocycles. The van der Waals surface area contributed by atoms with Crippen molar-refractivity contribution >= 4 is 29.0 Å². The summed E-state index contributed by atoms with van der Waals surface area (Å²) in [6.45, 7) is 10.8. The summed E-state index contributed by atoms with van der Waals surface area (Å²) in [5, 5.41) is 4.75. The van der Waals surface area contributed by atoms with Gasteiger partial charge in [0.25, 0.3) is 0 Å². The largest absolute Gasteiger partial charge is 0.0912 e. The third kappa shape index (κ3) is 4.02. The number of hydrogen-bond donors (Lipinski definition) is 0. The van der Waals surface area contributed by atoms with Crippen molar-refractivity contribution in [1.29, 1.82) is 0 Å². The molecule has 0 aromatic heterocycles. The summed E-state index contributed by atoms with van der Waals surface area (Å²) in [7, 11) is 0. The molecule has 0 unspecified atom stereocenters. The number of benzene rings is 4. The fourth-order valence-electron chi connectivity index (χ4n) is 4.32. The van der Waals surface area contributed by atoms with E-state index in [4.69, 9.17) is 0 Å². The first kappa shape index (κ1) is 20.6. The molecule has 31 heavy (non-hydrogen) atoms. The standard InChI is InChI=1S/C31H28/c1-5-6-14-23(3)30-27-19-12-13-20-28(27)31(25-16-8-7-9-17-25)24(4)29(30)21-26-18-11-10-15-22(26)2/h5-21H,2H2,1,3-4H3/b6-5-,23-14+,26-21-. The lowest BCUT2D eigenvalue weighted by Crippen LogP contribution is -2.22. The van der Waals surface area contributed by atoms with Gasteiger partial charge >= 0.3 is 0 Å². The van der Waals surface area contributed by atoms with Crippen LogP contribution in [-0.4, -0.2) is 0 Å². The zero-order chi connectivity index (χ0) is 21.8. The molecule has 0 N–H and O–H groups in total. The minimum atomic E-state index is 1.04. The molecule has 0 heteroatoms. The normalized spacial score (nSPS) is 12.7. The summed E-state index contributed by atoms with van der Waals surface area (Å²) >= 11 is 0. The molecule has 0 nitrogen and oxygen atoms in total.